The first-order valence-corrected chi connectivity index (χ1v) is 4.26. The lowest BCUT2D eigenvalue weighted by molar-refractivity contribution is 0.580. The second kappa shape index (κ2) is 2.66. The van der Waals surface area contributed by atoms with Crippen molar-refractivity contribution in [2.45, 2.75) is 25.7 Å². The van der Waals surface area contributed by atoms with Gasteiger partial charge in [0, 0.05) is 5.92 Å². The monoisotopic (exact) mass is 186 g/mol. The maximum atomic E-state index is 13.3. The Balaban J connectivity index is 2.51. The summed E-state index contributed by atoms with van der Waals surface area (Å²) in [5, 5.41) is 0.149. The summed E-state index contributed by atoms with van der Waals surface area (Å²) in [5.74, 6) is -0.00824. The van der Waals surface area contributed by atoms with Gasteiger partial charge in [-0.2, -0.15) is 0 Å². The Hall–Kier alpha value is -0.700. The van der Waals surface area contributed by atoms with Crippen LogP contribution >= 0.6 is 11.6 Å². The maximum absolute atomic E-state index is 13.3. The predicted octanol–water partition coefficient (Wildman–Crippen LogP) is 2.45. The third-order valence-electron chi connectivity index (χ3n) is 1.98. The number of aryl methyl sites for hydroxylation is 1. The molecule has 0 aliphatic heterocycles. The van der Waals surface area contributed by atoms with Gasteiger partial charge in [-0.1, -0.05) is 0 Å². The molecule has 12 heavy (non-hydrogen) atoms. The first-order valence-electron chi connectivity index (χ1n) is 3.88. The zero-order chi connectivity index (χ0) is 8.72. The number of hydrogen-bond acceptors (Lipinski definition) is 2. The summed E-state index contributed by atoms with van der Waals surface area (Å²) in [7, 11) is 0. The second-order valence-corrected chi connectivity index (χ2v) is 3.39. The molecule has 0 amide bonds. The van der Waals surface area contributed by atoms with Crippen molar-refractivity contribution in [2.24, 2.45) is 0 Å². The van der Waals surface area contributed by atoms with Crippen molar-refractivity contribution in [3.63, 3.8) is 0 Å². The fraction of sp³-hybridized carbons (Fsp3) is 0.500. The van der Waals surface area contributed by atoms with Gasteiger partial charge in [-0.3, -0.25) is 0 Å². The van der Waals surface area contributed by atoms with Gasteiger partial charge in [0.15, 0.2) is 5.82 Å². The summed E-state index contributed by atoms with van der Waals surface area (Å²) in [6.07, 6.45) is 2.04. The molecule has 1 saturated carbocycles. The highest BCUT2D eigenvalue weighted by Crippen LogP contribution is 2.40. The Kier molecular flexibility index (Phi) is 1.76. The van der Waals surface area contributed by atoms with Crippen LogP contribution in [-0.4, -0.2) is 9.97 Å². The third-order valence-corrected chi connectivity index (χ3v) is 2.15. The Morgan fingerprint density at radius 1 is 1.42 bits per heavy atom. The first kappa shape index (κ1) is 7.92. The van der Waals surface area contributed by atoms with Gasteiger partial charge in [-0.05, 0) is 31.4 Å². The zero-order valence-electron chi connectivity index (χ0n) is 6.64. The van der Waals surface area contributed by atoms with Gasteiger partial charge >= 0.3 is 0 Å². The average Bonchev–Trinajstić information content (AvgIpc) is 2.79. The van der Waals surface area contributed by atoms with E-state index in [0.29, 0.717) is 11.4 Å². The molecule has 0 bridgehead atoms. The number of halogens is 2. The summed E-state index contributed by atoms with van der Waals surface area (Å²) in [5.41, 5.74) is 0.837. The molecular formula is C8H8ClFN2. The van der Waals surface area contributed by atoms with E-state index >= 15 is 0 Å². The van der Waals surface area contributed by atoms with Crippen LogP contribution in [0, 0.1) is 12.7 Å². The van der Waals surface area contributed by atoms with E-state index < -0.39 is 0 Å². The predicted molar refractivity (Wildman–Crippen MR) is 43.7 cm³/mol. The molecule has 0 spiro atoms. The molecule has 1 aromatic heterocycles. The number of rotatable bonds is 1. The van der Waals surface area contributed by atoms with Crippen LogP contribution in [0.25, 0.3) is 0 Å². The quantitative estimate of drug-likeness (QED) is 0.630. The molecule has 0 unspecified atom stereocenters. The van der Waals surface area contributed by atoms with Crippen LogP contribution in [0.3, 0.4) is 0 Å². The smallest absolute Gasteiger partial charge is 0.220 e. The van der Waals surface area contributed by atoms with Gasteiger partial charge in [0.25, 0.3) is 0 Å². The summed E-state index contributed by atoms with van der Waals surface area (Å²) in [6, 6.07) is 0. The topological polar surface area (TPSA) is 25.8 Å². The minimum atomic E-state index is -0.290. The van der Waals surface area contributed by atoms with Crippen molar-refractivity contribution in [1.82, 2.24) is 9.97 Å². The molecule has 1 aliphatic rings. The van der Waals surface area contributed by atoms with E-state index in [2.05, 4.69) is 9.97 Å². The minimum absolute atomic E-state index is 0.149. The zero-order valence-corrected chi connectivity index (χ0v) is 7.40. The highest BCUT2D eigenvalue weighted by atomic mass is 35.5. The highest BCUT2D eigenvalue weighted by Gasteiger charge is 2.29. The molecule has 1 aliphatic carbocycles. The Morgan fingerprint density at radius 3 is 2.67 bits per heavy atom. The van der Waals surface area contributed by atoms with Crippen LogP contribution in [0.2, 0.25) is 5.28 Å². The van der Waals surface area contributed by atoms with E-state index in [0.717, 1.165) is 12.8 Å². The first-order chi connectivity index (χ1) is 5.68. The van der Waals surface area contributed by atoms with Gasteiger partial charge in [0.05, 0.1) is 11.4 Å². The fourth-order valence-electron chi connectivity index (χ4n) is 1.17. The van der Waals surface area contributed by atoms with Crippen LogP contribution in [0.1, 0.15) is 30.1 Å². The van der Waals surface area contributed by atoms with Crippen molar-refractivity contribution < 1.29 is 4.39 Å². The van der Waals surface area contributed by atoms with Crippen LogP contribution in [0.5, 0.6) is 0 Å². The highest BCUT2D eigenvalue weighted by molar-refractivity contribution is 6.28. The van der Waals surface area contributed by atoms with E-state index in [-0.39, 0.29) is 17.0 Å². The lowest BCUT2D eigenvalue weighted by Crippen LogP contribution is -1.99. The summed E-state index contributed by atoms with van der Waals surface area (Å²) in [6.45, 7) is 1.61. The van der Waals surface area contributed by atoms with Crippen molar-refractivity contribution >= 4 is 11.6 Å². The molecule has 2 rings (SSSR count). The molecule has 1 fully saturated rings. The summed E-state index contributed by atoms with van der Waals surface area (Å²) < 4.78 is 13.3. The van der Waals surface area contributed by atoms with Crippen LogP contribution in [0.4, 0.5) is 4.39 Å². The molecule has 0 saturated heterocycles. The number of aromatic nitrogens is 2. The van der Waals surface area contributed by atoms with Crippen molar-refractivity contribution in [2.75, 3.05) is 0 Å². The third kappa shape index (κ3) is 1.29. The molecule has 0 atom stereocenters. The minimum Gasteiger partial charge on any atom is -0.220 e. The molecule has 2 nitrogen and oxygen atoms in total. The number of hydrogen-bond donors (Lipinski definition) is 0. The number of nitrogens with zero attached hydrogens (tertiary/aromatic N) is 2. The fourth-order valence-corrected chi connectivity index (χ4v) is 1.39. The average molecular weight is 187 g/mol. The molecular weight excluding hydrogens is 179 g/mol. The van der Waals surface area contributed by atoms with Crippen molar-refractivity contribution in [3.05, 3.63) is 22.5 Å². The van der Waals surface area contributed by atoms with Crippen LogP contribution in [-0.2, 0) is 0 Å². The molecule has 0 radical (unpaired) electrons. The maximum Gasteiger partial charge on any atom is 0.223 e. The van der Waals surface area contributed by atoms with E-state index in [1.807, 2.05) is 0 Å². The van der Waals surface area contributed by atoms with Gasteiger partial charge in [0.1, 0.15) is 0 Å². The summed E-state index contributed by atoms with van der Waals surface area (Å²) in [4.78, 5) is 7.60. The lowest BCUT2D eigenvalue weighted by atomic mass is 10.2. The molecule has 64 valence electrons. The SMILES string of the molecule is Cc1nc(Cl)nc(C2CC2)c1F. The normalized spacial score (nSPS) is 16.6. The Morgan fingerprint density at radius 2 is 2.08 bits per heavy atom. The standard InChI is InChI=1S/C8H8ClFN2/c1-4-6(10)7(5-2-3-5)12-8(9)11-4/h5H,2-3H2,1H3. The molecule has 0 aromatic carbocycles. The van der Waals surface area contributed by atoms with E-state index in [1.54, 1.807) is 6.92 Å². The summed E-state index contributed by atoms with van der Waals surface area (Å²) >= 11 is 5.61. The van der Waals surface area contributed by atoms with Gasteiger partial charge in [0.2, 0.25) is 5.28 Å². The molecule has 0 N–H and O–H groups in total. The van der Waals surface area contributed by atoms with Gasteiger partial charge in [-0.15, -0.1) is 0 Å². The van der Waals surface area contributed by atoms with Gasteiger partial charge in [-0.25, -0.2) is 14.4 Å². The van der Waals surface area contributed by atoms with Crippen LogP contribution < -0.4 is 0 Å². The van der Waals surface area contributed by atoms with Crippen molar-refractivity contribution in [3.8, 4) is 0 Å². The Labute approximate surface area is 74.8 Å². The van der Waals surface area contributed by atoms with Crippen LogP contribution in [0.15, 0.2) is 0 Å². The Bertz CT molecular complexity index is 323. The van der Waals surface area contributed by atoms with E-state index in [1.165, 1.54) is 0 Å². The molecule has 4 heteroatoms. The van der Waals surface area contributed by atoms with Crippen molar-refractivity contribution in [1.29, 1.82) is 0 Å². The van der Waals surface area contributed by atoms with Gasteiger partial charge < -0.3 is 0 Å². The molecule has 1 aromatic rings. The largest absolute Gasteiger partial charge is 0.223 e. The lowest BCUT2D eigenvalue weighted by Gasteiger charge is -2.02. The van der Waals surface area contributed by atoms with E-state index in [9.17, 15) is 4.39 Å². The molecule has 1 heterocycles. The van der Waals surface area contributed by atoms with E-state index in [4.69, 9.17) is 11.6 Å². The second-order valence-electron chi connectivity index (χ2n) is 3.05.